The first-order valence-corrected chi connectivity index (χ1v) is 8.84. The monoisotopic (exact) mass is 307 g/mol. The maximum Gasteiger partial charge on any atom is 0.263 e. The third-order valence-corrected chi connectivity index (χ3v) is 5.27. The van der Waals surface area contributed by atoms with Gasteiger partial charge in [-0.1, -0.05) is 13.8 Å². The molecule has 0 aromatic carbocycles. The largest absolute Gasteiger partial charge is 0.397 e. The zero-order chi connectivity index (χ0) is 15.0. The van der Waals surface area contributed by atoms with Crippen molar-refractivity contribution < 1.29 is 4.79 Å². The van der Waals surface area contributed by atoms with Crippen LogP contribution in [0.4, 0.5) is 10.7 Å². The summed E-state index contributed by atoms with van der Waals surface area (Å²) in [5.74, 6) is 1.25. The van der Waals surface area contributed by atoms with Crippen molar-refractivity contribution in [1.82, 2.24) is 5.32 Å². The predicted octanol–water partition coefficient (Wildman–Crippen LogP) is 3.56. The van der Waals surface area contributed by atoms with E-state index in [2.05, 4.69) is 24.5 Å². The number of hydrogen-bond donors (Lipinski definition) is 3. The quantitative estimate of drug-likeness (QED) is 0.721. The Balaban J connectivity index is 1.75. The molecule has 21 heavy (non-hydrogen) atoms. The fraction of sp³-hybridized carbons (Fsp3) is 0.688. The molecule has 116 valence electrons. The maximum atomic E-state index is 12.3. The van der Waals surface area contributed by atoms with Gasteiger partial charge in [0.25, 0.3) is 5.91 Å². The van der Waals surface area contributed by atoms with Gasteiger partial charge in [-0.25, -0.2) is 0 Å². The van der Waals surface area contributed by atoms with Crippen molar-refractivity contribution >= 4 is 27.9 Å². The molecule has 0 spiro atoms. The van der Waals surface area contributed by atoms with Gasteiger partial charge in [-0.05, 0) is 43.9 Å². The normalized spacial score (nSPS) is 18.0. The second-order valence-electron chi connectivity index (χ2n) is 6.72. The number of carbonyl (C=O) groups is 1. The summed E-state index contributed by atoms with van der Waals surface area (Å²) < 4.78 is 0. The van der Waals surface area contributed by atoms with E-state index >= 15 is 0 Å². The highest BCUT2D eigenvalue weighted by atomic mass is 32.1. The number of nitrogens with two attached hydrogens (primary N) is 1. The first-order valence-electron chi connectivity index (χ1n) is 8.03. The second-order valence-corrected chi connectivity index (χ2v) is 7.74. The van der Waals surface area contributed by atoms with E-state index in [1.165, 1.54) is 29.7 Å². The Kier molecular flexibility index (Phi) is 4.11. The summed E-state index contributed by atoms with van der Waals surface area (Å²) in [6.45, 7) is 5.39. The summed E-state index contributed by atoms with van der Waals surface area (Å²) in [5, 5.41) is 7.68. The lowest BCUT2D eigenvalue weighted by molar-refractivity contribution is 0.0956. The standard InChI is InChI=1S/C16H25N3OS/c1-9(2)7-8-18-16-12(10-3-4-10)13(17)14(21-16)15(20)19-11-5-6-11/h9-11,18H,3-8,17H2,1-2H3,(H,19,20). The Morgan fingerprint density at radius 2 is 2.05 bits per heavy atom. The average Bonchev–Trinajstić information content (AvgIpc) is 3.31. The molecule has 4 N–H and O–H groups in total. The summed E-state index contributed by atoms with van der Waals surface area (Å²) in [5.41, 5.74) is 8.20. The fourth-order valence-electron chi connectivity index (χ4n) is 2.49. The Bertz CT molecular complexity index is 530. The highest BCUT2D eigenvalue weighted by molar-refractivity contribution is 7.18. The minimum absolute atomic E-state index is 0.0128. The van der Waals surface area contributed by atoms with E-state index in [0.717, 1.165) is 30.8 Å². The molecule has 1 aromatic rings. The Hall–Kier alpha value is -1.23. The van der Waals surface area contributed by atoms with Crippen LogP contribution in [0, 0.1) is 5.92 Å². The summed E-state index contributed by atoms with van der Waals surface area (Å²) in [4.78, 5) is 13.0. The summed E-state index contributed by atoms with van der Waals surface area (Å²) in [6, 6.07) is 0.376. The predicted molar refractivity (Wildman–Crippen MR) is 89.1 cm³/mol. The maximum absolute atomic E-state index is 12.3. The zero-order valence-electron chi connectivity index (χ0n) is 12.9. The van der Waals surface area contributed by atoms with Crippen LogP contribution in [-0.4, -0.2) is 18.5 Å². The second kappa shape index (κ2) is 5.87. The lowest BCUT2D eigenvalue weighted by atomic mass is 10.1. The Labute approximate surface area is 130 Å². The summed E-state index contributed by atoms with van der Waals surface area (Å²) in [6.07, 6.45) is 5.73. The van der Waals surface area contributed by atoms with Crippen molar-refractivity contribution in [3.63, 3.8) is 0 Å². The van der Waals surface area contributed by atoms with E-state index in [-0.39, 0.29) is 5.91 Å². The van der Waals surface area contributed by atoms with Crippen LogP contribution in [0.1, 0.15) is 67.1 Å². The number of carbonyl (C=O) groups excluding carboxylic acids is 1. The minimum atomic E-state index is 0.0128. The van der Waals surface area contributed by atoms with E-state index < -0.39 is 0 Å². The first kappa shape index (κ1) is 14.7. The van der Waals surface area contributed by atoms with Crippen LogP contribution in [0.3, 0.4) is 0 Å². The highest BCUT2D eigenvalue weighted by Crippen LogP contribution is 2.50. The van der Waals surface area contributed by atoms with Gasteiger partial charge in [-0.15, -0.1) is 11.3 Å². The molecule has 0 saturated heterocycles. The van der Waals surface area contributed by atoms with Crippen molar-refractivity contribution in [2.24, 2.45) is 5.92 Å². The molecule has 0 bridgehead atoms. The van der Waals surface area contributed by atoms with E-state index in [1.54, 1.807) is 0 Å². The van der Waals surface area contributed by atoms with Gasteiger partial charge in [0.2, 0.25) is 0 Å². The number of thiophene rings is 1. The molecule has 0 radical (unpaired) electrons. The van der Waals surface area contributed by atoms with Gasteiger partial charge in [-0.3, -0.25) is 4.79 Å². The van der Waals surface area contributed by atoms with Crippen LogP contribution in [0.5, 0.6) is 0 Å². The Morgan fingerprint density at radius 1 is 1.33 bits per heavy atom. The number of rotatable bonds is 7. The molecular weight excluding hydrogens is 282 g/mol. The van der Waals surface area contributed by atoms with Crippen molar-refractivity contribution in [2.45, 2.75) is 57.9 Å². The van der Waals surface area contributed by atoms with Gasteiger partial charge in [0.15, 0.2) is 0 Å². The molecule has 1 aromatic heterocycles. The molecule has 0 aliphatic heterocycles. The van der Waals surface area contributed by atoms with E-state index in [1.807, 2.05) is 0 Å². The number of nitrogens with one attached hydrogen (secondary N) is 2. The van der Waals surface area contributed by atoms with Crippen LogP contribution >= 0.6 is 11.3 Å². The molecule has 2 aliphatic carbocycles. The van der Waals surface area contributed by atoms with Gasteiger partial charge in [0.1, 0.15) is 4.88 Å². The SMILES string of the molecule is CC(C)CCNc1sc(C(=O)NC2CC2)c(N)c1C1CC1. The van der Waals surface area contributed by atoms with E-state index in [4.69, 9.17) is 5.73 Å². The van der Waals surface area contributed by atoms with Crippen LogP contribution in [0.2, 0.25) is 0 Å². The van der Waals surface area contributed by atoms with E-state index in [9.17, 15) is 4.79 Å². The molecule has 5 heteroatoms. The molecule has 1 heterocycles. The zero-order valence-corrected chi connectivity index (χ0v) is 13.7. The third-order valence-electron chi connectivity index (χ3n) is 4.10. The third kappa shape index (κ3) is 3.51. The number of nitrogen functional groups attached to an aromatic ring is 1. The molecule has 2 fully saturated rings. The molecule has 0 atom stereocenters. The smallest absolute Gasteiger partial charge is 0.263 e. The molecule has 2 saturated carbocycles. The van der Waals surface area contributed by atoms with Crippen molar-refractivity contribution in [3.8, 4) is 0 Å². The van der Waals surface area contributed by atoms with Gasteiger partial charge >= 0.3 is 0 Å². The molecule has 2 aliphatic rings. The first-order chi connectivity index (χ1) is 10.1. The van der Waals surface area contributed by atoms with Gasteiger partial charge in [-0.2, -0.15) is 0 Å². The van der Waals surface area contributed by atoms with Crippen LogP contribution in [0.15, 0.2) is 0 Å². The Morgan fingerprint density at radius 3 is 2.62 bits per heavy atom. The average molecular weight is 307 g/mol. The fourth-order valence-corrected chi connectivity index (χ4v) is 3.62. The molecular formula is C16H25N3OS. The van der Waals surface area contributed by atoms with Crippen LogP contribution < -0.4 is 16.4 Å². The minimum Gasteiger partial charge on any atom is -0.397 e. The van der Waals surface area contributed by atoms with Crippen LogP contribution in [0.25, 0.3) is 0 Å². The van der Waals surface area contributed by atoms with Crippen LogP contribution in [-0.2, 0) is 0 Å². The molecule has 1 amide bonds. The number of amides is 1. The van der Waals surface area contributed by atoms with Crippen molar-refractivity contribution in [3.05, 3.63) is 10.4 Å². The summed E-state index contributed by atoms with van der Waals surface area (Å²) in [7, 11) is 0. The van der Waals surface area contributed by atoms with Crippen molar-refractivity contribution in [2.75, 3.05) is 17.6 Å². The molecule has 4 nitrogen and oxygen atoms in total. The van der Waals surface area contributed by atoms with Gasteiger partial charge < -0.3 is 16.4 Å². The lowest BCUT2D eigenvalue weighted by Crippen LogP contribution is -2.25. The van der Waals surface area contributed by atoms with Gasteiger partial charge in [0, 0.05) is 18.2 Å². The lowest BCUT2D eigenvalue weighted by Gasteiger charge is -2.08. The van der Waals surface area contributed by atoms with Crippen molar-refractivity contribution in [1.29, 1.82) is 0 Å². The number of anilines is 2. The van der Waals surface area contributed by atoms with Gasteiger partial charge in [0.05, 0.1) is 10.7 Å². The highest BCUT2D eigenvalue weighted by Gasteiger charge is 2.34. The van der Waals surface area contributed by atoms with E-state index in [0.29, 0.717) is 28.4 Å². The molecule has 3 rings (SSSR count). The topological polar surface area (TPSA) is 67.2 Å². The number of hydrogen-bond acceptors (Lipinski definition) is 4. The molecule has 0 unspecified atom stereocenters. The summed E-state index contributed by atoms with van der Waals surface area (Å²) >= 11 is 1.54.